The molecule has 6 nitrogen and oxygen atoms in total. The smallest absolute Gasteiger partial charge is 0.267 e. The Morgan fingerprint density at radius 1 is 1.41 bits per heavy atom. The second-order valence-corrected chi connectivity index (χ2v) is 4.92. The number of anilines is 1. The van der Waals surface area contributed by atoms with Gasteiger partial charge in [0.25, 0.3) is 5.56 Å². The highest BCUT2D eigenvalue weighted by molar-refractivity contribution is 6.30. The lowest BCUT2D eigenvalue weighted by Crippen LogP contribution is -2.27. The molecule has 0 aliphatic heterocycles. The van der Waals surface area contributed by atoms with E-state index in [1.54, 1.807) is 12.1 Å². The Morgan fingerprint density at radius 2 is 2.09 bits per heavy atom. The van der Waals surface area contributed by atoms with Gasteiger partial charge in [-0.2, -0.15) is 5.26 Å². The van der Waals surface area contributed by atoms with Gasteiger partial charge in [0.05, 0.1) is 23.9 Å². The minimum Gasteiger partial charge on any atom is -0.495 e. The molecule has 0 unspecified atom stereocenters. The summed E-state index contributed by atoms with van der Waals surface area (Å²) < 4.78 is 6.25. The van der Waals surface area contributed by atoms with Crippen LogP contribution in [0.15, 0.2) is 29.1 Å². The fourth-order valence-corrected chi connectivity index (χ4v) is 2.22. The molecule has 112 valence electrons. The fraction of sp³-hybridized carbons (Fsp3) is 0.133. The number of Topliss-reactive ketones (excluding diaryl/α,β-unsaturated/α-hetero) is 1. The van der Waals surface area contributed by atoms with Gasteiger partial charge in [-0.25, -0.2) is 0 Å². The molecule has 0 amide bonds. The van der Waals surface area contributed by atoms with Crippen molar-refractivity contribution in [3.63, 3.8) is 0 Å². The van der Waals surface area contributed by atoms with Gasteiger partial charge in [0, 0.05) is 5.02 Å². The van der Waals surface area contributed by atoms with Gasteiger partial charge >= 0.3 is 0 Å². The maximum atomic E-state index is 12.5. The Balaban J connectivity index is 2.95. The molecule has 0 atom stereocenters. The van der Waals surface area contributed by atoms with E-state index in [2.05, 4.69) is 0 Å². The minimum atomic E-state index is -0.635. The van der Waals surface area contributed by atoms with Crippen LogP contribution in [-0.4, -0.2) is 17.5 Å². The van der Waals surface area contributed by atoms with Gasteiger partial charge in [0.15, 0.2) is 5.78 Å². The van der Waals surface area contributed by atoms with Crippen molar-refractivity contribution in [2.75, 3.05) is 12.8 Å². The summed E-state index contributed by atoms with van der Waals surface area (Å²) in [5, 5.41) is 9.51. The molecule has 22 heavy (non-hydrogen) atoms. The number of ketones is 1. The first-order valence-corrected chi connectivity index (χ1v) is 6.59. The van der Waals surface area contributed by atoms with Crippen LogP contribution >= 0.6 is 11.6 Å². The highest BCUT2D eigenvalue weighted by atomic mass is 35.5. The van der Waals surface area contributed by atoms with E-state index in [9.17, 15) is 9.59 Å². The number of hydrogen-bond acceptors (Lipinski definition) is 5. The number of ether oxygens (including phenoxy) is 1. The number of methoxy groups -OCH3 is 1. The highest BCUT2D eigenvalue weighted by Gasteiger charge is 2.19. The van der Waals surface area contributed by atoms with Crippen molar-refractivity contribution in [3.8, 4) is 17.5 Å². The van der Waals surface area contributed by atoms with E-state index in [-0.39, 0.29) is 22.6 Å². The third-order valence-electron chi connectivity index (χ3n) is 3.12. The summed E-state index contributed by atoms with van der Waals surface area (Å²) in [5.74, 6) is -0.211. The predicted molar refractivity (Wildman–Crippen MR) is 82.7 cm³/mol. The monoisotopic (exact) mass is 317 g/mol. The van der Waals surface area contributed by atoms with Crippen molar-refractivity contribution in [2.24, 2.45) is 0 Å². The molecule has 1 aromatic heterocycles. The molecule has 0 bridgehead atoms. The second kappa shape index (κ2) is 5.92. The van der Waals surface area contributed by atoms with E-state index < -0.39 is 11.3 Å². The first-order chi connectivity index (χ1) is 10.4. The van der Waals surface area contributed by atoms with Crippen LogP contribution in [0, 0.1) is 11.3 Å². The number of aromatic nitrogens is 1. The average Bonchev–Trinajstić information content (AvgIpc) is 2.47. The largest absolute Gasteiger partial charge is 0.495 e. The fourth-order valence-electron chi connectivity index (χ4n) is 2.05. The van der Waals surface area contributed by atoms with E-state index in [4.69, 9.17) is 27.3 Å². The molecule has 1 heterocycles. The van der Waals surface area contributed by atoms with Crippen LogP contribution in [0.25, 0.3) is 5.69 Å². The summed E-state index contributed by atoms with van der Waals surface area (Å²) in [7, 11) is 1.42. The zero-order valence-corrected chi connectivity index (χ0v) is 12.6. The normalized spacial score (nSPS) is 10.1. The number of carbonyl (C=O) groups excluding carboxylic acids is 1. The molecule has 0 fully saturated rings. The van der Waals surface area contributed by atoms with E-state index in [0.29, 0.717) is 10.8 Å². The molecule has 0 aliphatic rings. The number of carbonyl (C=O) groups is 1. The van der Waals surface area contributed by atoms with Crippen LogP contribution in [0.1, 0.15) is 22.8 Å². The number of nitrogen functional groups attached to an aromatic ring is 1. The lowest BCUT2D eigenvalue weighted by Gasteiger charge is -2.15. The Hall–Kier alpha value is -2.78. The third-order valence-corrected chi connectivity index (χ3v) is 3.36. The van der Waals surface area contributed by atoms with Crippen molar-refractivity contribution < 1.29 is 9.53 Å². The van der Waals surface area contributed by atoms with E-state index >= 15 is 0 Å². The zero-order chi connectivity index (χ0) is 16.4. The maximum Gasteiger partial charge on any atom is 0.267 e. The summed E-state index contributed by atoms with van der Waals surface area (Å²) in [6.45, 7) is 1.24. The summed E-state index contributed by atoms with van der Waals surface area (Å²) in [5.41, 5.74) is 5.41. The van der Waals surface area contributed by atoms with E-state index in [1.165, 1.54) is 26.2 Å². The van der Waals surface area contributed by atoms with Crippen LogP contribution in [0.5, 0.6) is 5.75 Å². The summed E-state index contributed by atoms with van der Waals surface area (Å²) >= 11 is 5.96. The molecule has 0 saturated carbocycles. The van der Waals surface area contributed by atoms with Gasteiger partial charge in [-0.05, 0) is 31.2 Å². The van der Waals surface area contributed by atoms with Gasteiger partial charge in [0.1, 0.15) is 17.6 Å². The summed E-state index contributed by atoms with van der Waals surface area (Å²) in [6.07, 6.45) is 0. The Labute approximate surface area is 131 Å². The topological polar surface area (TPSA) is 98.1 Å². The van der Waals surface area contributed by atoms with Crippen molar-refractivity contribution in [1.29, 1.82) is 5.26 Å². The highest BCUT2D eigenvalue weighted by Crippen LogP contribution is 2.28. The van der Waals surface area contributed by atoms with Crippen LogP contribution in [0.2, 0.25) is 5.02 Å². The maximum absolute atomic E-state index is 12.5. The molecule has 2 N–H and O–H groups in total. The molecule has 1 aromatic carbocycles. The number of pyridine rings is 1. The Bertz CT molecular complexity index is 866. The van der Waals surface area contributed by atoms with Crippen molar-refractivity contribution >= 4 is 23.2 Å². The lowest BCUT2D eigenvalue weighted by atomic mass is 10.1. The standard InChI is InChI=1S/C15H12ClN3O3/c1-8(20)11-5-9(7-17)14(18)19(15(11)21)12-6-10(16)3-4-13(12)22-2/h3-6H,18H2,1-2H3. The first-order valence-electron chi connectivity index (χ1n) is 6.21. The number of rotatable bonds is 3. The van der Waals surface area contributed by atoms with Crippen molar-refractivity contribution in [2.45, 2.75) is 6.92 Å². The molecule has 0 aliphatic carbocycles. The van der Waals surface area contributed by atoms with Gasteiger partial charge in [-0.15, -0.1) is 0 Å². The van der Waals surface area contributed by atoms with Crippen LogP contribution in [0.3, 0.4) is 0 Å². The van der Waals surface area contributed by atoms with Crippen LogP contribution < -0.4 is 16.0 Å². The molecular weight excluding hydrogens is 306 g/mol. The summed E-state index contributed by atoms with van der Waals surface area (Å²) in [4.78, 5) is 24.2. The zero-order valence-electron chi connectivity index (χ0n) is 11.9. The van der Waals surface area contributed by atoms with Gasteiger partial charge in [-0.3, -0.25) is 14.2 Å². The number of nitrogens with zero attached hydrogens (tertiary/aromatic N) is 2. The van der Waals surface area contributed by atoms with Crippen molar-refractivity contribution in [1.82, 2.24) is 4.57 Å². The number of nitriles is 1. The van der Waals surface area contributed by atoms with Gasteiger partial charge < -0.3 is 10.5 Å². The number of nitrogens with two attached hydrogens (primary N) is 1. The van der Waals surface area contributed by atoms with E-state index in [1.807, 2.05) is 6.07 Å². The number of hydrogen-bond donors (Lipinski definition) is 1. The molecule has 2 rings (SSSR count). The third kappa shape index (κ3) is 2.54. The molecule has 0 spiro atoms. The Kier molecular flexibility index (Phi) is 4.20. The minimum absolute atomic E-state index is 0.0202. The van der Waals surface area contributed by atoms with Gasteiger partial charge in [0.2, 0.25) is 0 Å². The SMILES string of the molecule is COc1ccc(Cl)cc1-n1c(N)c(C#N)cc(C(C)=O)c1=O. The predicted octanol–water partition coefficient (Wildman–Crippen LogP) is 2.16. The molecule has 7 heteroatoms. The van der Waals surface area contributed by atoms with E-state index in [0.717, 1.165) is 4.57 Å². The second-order valence-electron chi connectivity index (χ2n) is 4.48. The number of halogens is 1. The van der Waals surface area contributed by atoms with Crippen molar-refractivity contribution in [3.05, 3.63) is 50.8 Å². The lowest BCUT2D eigenvalue weighted by molar-refractivity contribution is 0.101. The first kappa shape index (κ1) is 15.6. The summed E-state index contributed by atoms with van der Waals surface area (Å²) in [6, 6.07) is 7.69. The molecule has 0 radical (unpaired) electrons. The number of benzene rings is 1. The van der Waals surface area contributed by atoms with Crippen LogP contribution in [0.4, 0.5) is 5.82 Å². The quantitative estimate of drug-likeness (QED) is 0.875. The molecular formula is C15H12ClN3O3. The van der Waals surface area contributed by atoms with Gasteiger partial charge in [-0.1, -0.05) is 11.6 Å². The molecule has 0 saturated heterocycles. The van der Waals surface area contributed by atoms with Crippen LogP contribution in [-0.2, 0) is 0 Å². The molecule has 2 aromatic rings. The average molecular weight is 318 g/mol. The Morgan fingerprint density at radius 3 is 2.64 bits per heavy atom.